The topological polar surface area (TPSA) is 134 Å². The fourth-order valence-corrected chi connectivity index (χ4v) is 1.75. The van der Waals surface area contributed by atoms with Crippen LogP contribution in [-0.4, -0.2) is 39.5 Å². The van der Waals surface area contributed by atoms with Gasteiger partial charge in [-0.05, 0) is 29.8 Å². The van der Waals surface area contributed by atoms with Crippen LogP contribution in [0.1, 0.15) is 25.0 Å². The number of benzene rings is 2. The van der Waals surface area contributed by atoms with Gasteiger partial charge in [0.25, 0.3) is 0 Å². The highest BCUT2D eigenvalue weighted by Gasteiger charge is 2.17. The number of aliphatic carboxylic acids is 1. The molecule has 8 heteroatoms. The van der Waals surface area contributed by atoms with Crippen LogP contribution in [0.3, 0.4) is 0 Å². The van der Waals surface area contributed by atoms with E-state index in [0.29, 0.717) is 6.42 Å². The van der Waals surface area contributed by atoms with E-state index < -0.39 is 12.1 Å². The van der Waals surface area contributed by atoms with Crippen LogP contribution >= 0.6 is 0 Å². The third-order valence-corrected chi connectivity index (χ3v) is 3.13. The lowest BCUT2D eigenvalue weighted by atomic mass is 10.1. The summed E-state index contributed by atoms with van der Waals surface area (Å²) in [6.07, 6.45) is -1.31. The number of carboxylic acid groups (broad SMARTS) is 1. The predicted molar refractivity (Wildman–Crippen MR) is 91.3 cm³/mol. The molecule has 2 aromatic carbocycles. The van der Waals surface area contributed by atoms with E-state index in [4.69, 9.17) is 14.6 Å². The number of aliphatic hydroxyl groups is 1. The van der Waals surface area contributed by atoms with E-state index in [0.717, 1.165) is 0 Å². The third-order valence-electron chi connectivity index (χ3n) is 3.13. The molecule has 0 saturated heterocycles. The molecule has 0 fully saturated rings. The molecule has 1 unspecified atom stereocenters. The van der Waals surface area contributed by atoms with Gasteiger partial charge in [0.05, 0.1) is 7.11 Å². The number of rotatable bonds is 5. The quantitative estimate of drug-likeness (QED) is 0.469. The second kappa shape index (κ2) is 9.90. The van der Waals surface area contributed by atoms with E-state index in [1.807, 2.05) is 0 Å². The van der Waals surface area contributed by atoms with Gasteiger partial charge in [-0.3, -0.25) is 4.79 Å². The van der Waals surface area contributed by atoms with E-state index in [1.165, 1.54) is 31.4 Å². The number of ether oxygens (including phenoxy) is 2. The maximum Gasteiger partial charge on any atom is 0.337 e. The van der Waals surface area contributed by atoms with Crippen molar-refractivity contribution in [1.82, 2.24) is 0 Å². The van der Waals surface area contributed by atoms with Gasteiger partial charge in [-0.2, -0.15) is 0 Å². The Balaban J connectivity index is 0.000000263. The zero-order valence-electron chi connectivity index (χ0n) is 14.2. The normalized spacial score (nSPS) is 10.9. The molecule has 0 amide bonds. The Hall–Kier alpha value is -3.26. The molecule has 0 aromatic heterocycles. The zero-order chi connectivity index (χ0) is 19.7. The molecule has 4 N–H and O–H groups in total. The van der Waals surface area contributed by atoms with Gasteiger partial charge in [0.2, 0.25) is 0 Å². The van der Waals surface area contributed by atoms with Crippen molar-refractivity contribution >= 4 is 11.9 Å². The van der Waals surface area contributed by atoms with Crippen molar-refractivity contribution in [3.63, 3.8) is 0 Å². The first kappa shape index (κ1) is 20.8. The molecule has 2 rings (SSSR count). The number of phenolic OH excluding ortho intramolecular Hbond substituents is 2. The Kier molecular flexibility index (Phi) is 7.91. The van der Waals surface area contributed by atoms with Crippen molar-refractivity contribution in [2.24, 2.45) is 0 Å². The molecular formula is C18H20O8. The van der Waals surface area contributed by atoms with Crippen LogP contribution < -0.4 is 9.47 Å². The minimum Gasteiger partial charge on any atom is -0.504 e. The predicted octanol–water partition coefficient (Wildman–Crippen LogP) is 2.23. The van der Waals surface area contributed by atoms with Crippen molar-refractivity contribution in [3.8, 4) is 23.0 Å². The van der Waals surface area contributed by atoms with E-state index in [2.05, 4.69) is 0 Å². The first-order valence-electron chi connectivity index (χ1n) is 7.56. The first-order chi connectivity index (χ1) is 12.3. The molecule has 0 aliphatic heterocycles. The maximum absolute atomic E-state index is 10.8. The molecule has 0 aliphatic rings. The highest BCUT2D eigenvalue weighted by atomic mass is 16.5. The summed E-state index contributed by atoms with van der Waals surface area (Å²) >= 11 is 0. The van der Waals surface area contributed by atoms with Gasteiger partial charge in [-0.25, -0.2) is 4.79 Å². The van der Waals surface area contributed by atoms with Crippen LogP contribution in [-0.2, 0) is 9.59 Å². The monoisotopic (exact) mass is 364 g/mol. The maximum atomic E-state index is 10.8. The standard InChI is InChI=1S/C9H10O5.C9H10O3/c1-14-7-4-5(2-3-6(7)10)8(11)9(12)13;1-2-9(11)12-8-6-4-3-5-7(8)10/h2-4,8,10-11H,1H3,(H,12,13);3-6,10H,2H2,1H3. The lowest BCUT2D eigenvalue weighted by Gasteiger charge is -2.08. The van der Waals surface area contributed by atoms with E-state index in [1.54, 1.807) is 25.1 Å². The fraction of sp³-hybridized carbons (Fsp3) is 0.222. The average molecular weight is 364 g/mol. The van der Waals surface area contributed by atoms with Crippen LogP contribution in [0.5, 0.6) is 23.0 Å². The van der Waals surface area contributed by atoms with Gasteiger partial charge in [0.15, 0.2) is 29.1 Å². The molecule has 1 atom stereocenters. The number of carboxylic acids is 1. The smallest absolute Gasteiger partial charge is 0.337 e. The van der Waals surface area contributed by atoms with Crippen molar-refractivity contribution < 1.29 is 39.5 Å². The van der Waals surface area contributed by atoms with Gasteiger partial charge in [-0.15, -0.1) is 0 Å². The van der Waals surface area contributed by atoms with Gasteiger partial charge in [0, 0.05) is 6.42 Å². The molecular weight excluding hydrogens is 344 g/mol. The minimum atomic E-state index is -1.61. The third kappa shape index (κ3) is 5.99. The van der Waals surface area contributed by atoms with Crippen molar-refractivity contribution in [2.45, 2.75) is 19.4 Å². The number of hydrogen-bond donors (Lipinski definition) is 4. The Morgan fingerprint density at radius 2 is 1.65 bits per heavy atom. The molecule has 26 heavy (non-hydrogen) atoms. The summed E-state index contributed by atoms with van der Waals surface area (Å²) < 4.78 is 9.57. The second-order valence-electron chi connectivity index (χ2n) is 4.97. The Morgan fingerprint density at radius 3 is 2.19 bits per heavy atom. The molecule has 8 nitrogen and oxygen atoms in total. The number of aromatic hydroxyl groups is 2. The summed E-state index contributed by atoms with van der Waals surface area (Å²) in [5, 5.41) is 36.1. The largest absolute Gasteiger partial charge is 0.504 e. The van der Waals surface area contributed by atoms with Crippen LogP contribution in [0, 0.1) is 0 Å². The molecule has 0 heterocycles. The van der Waals surface area contributed by atoms with Gasteiger partial charge < -0.3 is 29.9 Å². The zero-order valence-corrected chi connectivity index (χ0v) is 14.2. The van der Waals surface area contributed by atoms with Gasteiger partial charge in [-0.1, -0.05) is 25.1 Å². The number of methoxy groups -OCH3 is 1. The van der Waals surface area contributed by atoms with Crippen molar-refractivity contribution in [3.05, 3.63) is 48.0 Å². The summed E-state index contributed by atoms with van der Waals surface area (Å²) in [6.45, 7) is 1.70. The number of hydrogen-bond acceptors (Lipinski definition) is 7. The van der Waals surface area contributed by atoms with E-state index in [-0.39, 0.29) is 34.5 Å². The lowest BCUT2D eigenvalue weighted by molar-refractivity contribution is -0.147. The molecule has 0 radical (unpaired) electrons. The summed E-state index contributed by atoms with van der Waals surface area (Å²) in [5.74, 6) is -1.48. The number of esters is 1. The molecule has 140 valence electrons. The van der Waals surface area contributed by atoms with Crippen LogP contribution in [0.4, 0.5) is 0 Å². The average Bonchev–Trinajstić information content (AvgIpc) is 2.63. The molecule has 0 aliphatic carbocycles. The minimum absolute atomic E-state index is 0.0145. The SMILES string of the molecule is CCC(=O)Oc1ccccc1O.COc1cc(C(O)C(=O)O)ccc1O. The summed E-state index contributed by atoms with van der Waals surface area (Å²) in [6, 6.07) is 10.2. The number of aliphatic hydroxyl groups excluding tert-OH is 1. The number of para-hydroxylation sites is 2. The summed E-state index contributed by atoms with van der Waals surface area (Å²) in [4.78, 5) is 21.2. The lowest BCUT2D eigenvalue weighted by Crippen LogP contribution is -2.10. The van der Waals surface area contributed by atoms with Crippen molar-refractivity contribution in [1.29, 1.82) is 0 Å². The number of carbonyl (C=O) groups is 2. The van der Waals surface area contributed by atoms with Crippen LogP contribution in [0.25, 0.3) is 0 Å². The van der Waals surface area contributed by atoms with Crippen LogP contribution in [0.2, 0.25) is 0 Å². The molecule has 2 aromatic rings. The Labute approximate surface area is 149 Å². The van der Waals surface area contributed by atoms with Gasteiger partial charge in [0.1, 0.15) is 0 Å². The van der Waals surface area contributed by atoms with Gasteiger partial charge >= 0.3 is 11.9 Å². The van der Waals surface area contributed by atoms with Crippen molar-refractivity contribution in [2.75, 3.05) is 7.11 Å². The molecule has 0 bridgehead atoms. The first-order valence-corrected chi connectivity index (χ1v) is 7.56. The number of phenols is 2. The van der Waals surface area contributed by atoms with E-state index >= 15 is 0 Å². The number of carbonyl (C=O) groups excluding carboxylic acids is 1. The Morgan fingerprint density at radius 1 is 1.04 bits per heavy atom. The molecule has 0 spiro atoms. The molecule has 0 saturated carbocycles. The van der Waals surface area contributed by atoms with Crippen LogP contribution in [0.15, 0.2) is 42.5 Å². The summed E-state index contributed by atoms with van der Waals surface area (Å²) in [5.41, 5.74) is 0.159. The Bertz CT molecular complexity index is 757. The summed E-state index contributed by atoms with van der Waals surface area (Å²) in [7, 11) is 1.34. The second-order valence-corrected chi connectivity index (χ2v) is 4.97. The highest BCUT2D eigenvalue weighted by molar-refractivity contribution is 5.74. The van der Waals surface area contributed by atoms with E-state index in [9.17, 15) is 24.9 Å². The highest BCUT2D eigenvalue weighted by Crippen LogP contribution is 2.28. The fourth-order valence-electron chi connectivity index (χ4n) is 1.75.